The van der Waals surface area contributed by atoms with E-state index in [0.29, 0.717) is 6.54 Å². The molecule has 1 aromatic rings. The predicted molar refractivity (Wildman–Crippen MR) is 89.1 cm³/mol. The molecule has 0 aliphatic carbocycles. The number of amides is 2. The molecule has 122 valence electrons. The number of unbranched alkanes of at least 4 members (excludes halogenated alkanes) is 1. The minimum absolute atomic E-state index is 0.123. The maximum Gasteiger partial charge on any atom is 0.338 e. The number of urea groups is 1. The van der Waals surface area contributed by atoms with Gasteiger partial charge in [-0.05, 0) is 41.1 Å². The minimum Gasteiger partial charge on any atom is -0.465 e. The van der Waals surface area contributed by atoms with E-state index in [-0.39, 0.29) is 14.0 Å². The van der Waals surface area contributed by atoms with Crippen molar-refractivity contribution < 1.29 is 22.7 Å². The summed E-state index contributed by atoms with van der Waals surface area (Å²) in [5, 5.41) is 2.45. The second kappa shape index (κ2) is 8.32. The minimum atomic E-state index is -4.07. The van der Waals surface area contributed by atoms with E-state index in [1.165, 1.54) is 25.3 Å². The highest BCUT2D eigenvalue weighted by Crippen LogP contribution is 2.22. The van der Waals surface area contributed by atoms with E-state index in [1.807, 2.05) is 11.6 Å². The molecule has 0 atom stereocenters. The van der Waals surface area contributed by atoms with Crippen molar-refractivity contribution in [3.8, 4) is 0 Å². The average Bonchev–Trinajstić information content (AvgIpc) is 2.46. The van der Waals surface area contributed by atoms with Crippen molar-refractivity contribution in [1.82, 2.24) is 10.0 Å². The molecule has 2 N–H and O–H groups in total. The number of methoxy groups -OCH3 is 1. The summed E-state index contributed by atoms with van der Waals surface area (Å²) in [6.07, 6.45) is 1.63. The van der Waals surface area contributed by atoms with Gasteiger partial charge in [0.2, 0.25) is 0 Å². The van der Waals surface area contributed by atoms with Crippen molar-refractivity contribution in [1.29, 1.82) is 0 Å². The Morgan fingerprint density at radius 3 is 2.59 bits per heavy atom. The van der Waals surface area contributed by atoms with Gasteiger partial charge in [-0.25, -0.2) is 22.7 Å². The van der Waals surface area contributed by atoms with Crippen LogP contribution in [-0.4, -0.2) is 34.1 Å². The van der Waals surface area contributed by atoms with Gasteiger partial charge in [0.1, 0.15) is 4.90 Å². The Kier molecular flexibility index (Phi) is 7.07. The lowest BCUT2D eigenvalue weighted by atomic mass is 10.2. The lowest BCUT2D eigenvalue weighted by molar-refractivity contribution is 0.0599. The van der Waals surface area contributed by atoms with E-state index in [2.05, 4.69) is 10.1 Å². The van der Waals surface area contributed by atoms with Gasteiger partial charge >= 0.3 is 12.0 Å². The van der Waals surface area contributed by atoms with Crippen LogP contribution in [0, 0.1) is 3.57 Å². The highest BCUT2D eigenvalue weighted by atomic mass is 127. The number of hydrogen-bond acceptors (Lipinski definition) is 5. The van der Waals surface area contributed by atoms with Crippen molar-refractivity contribution in [3.05, 3.63) is 27.3 Å². The summed E-state index contributed by atoms with van der Waals surface area (Å²) in [6.45, 7) is 2.34. The highest BCUT2D eigenvalue weighted by molar-refractivity contribution is 14.1. The van der Waals surface area contributed by atoms with Crippen LogP contribution < -0.4 is 10.0 Å². The third-order valence-corrected chi connectivity index (χ3v) is 5.60. The van der Waals surface area contributed by atoms with Crippen molar-refractivity contribution in [3.63, 3.8) is 0 Å². The summed E-state index contributed by atoms with van der Waals surface area (Å²) < 4.78 is 31.2. The fourth-order valence-electron chi connectivity index (χ4n) is 1.58. The summed E-state index contributed by atoms with van der Waals surface area (Å²) in [6, 6.07) is 3.38. The molecule has 7 nitrogen and oxygen atoms in total. The Hall–Kier alpha value is -1.36. The number of carbonyl (C=O) groups excluding carboxylic acids is 2. The molecule has 0 spiro atoms. The van der Waals surface area contributed by atoms with E-state index in [4.69, 9.17) is 0 Å². The third kappa shape index (κ3) is 4.83. The number of halogens is 1. The summed E-state index contributed by atoms with van der Waals surface area (Å²) in [4.78, 5) is 23.0. The first-order chi connectivity index (χ1) is 10.3. The first-order valence-corrected chi connectivity index (χ1v) is 9.07. The second-order valence-corrected chi connectivity index (χ2v) is 7.05. The molecule has 0 radical (unpaired) electrons. The predicted octanol–water partition coefficient (Wildman–Crippen LogP) is 1.87. The molecule has 0 heterocycles. The zero-order valence-electron chi connectivity index (χ0n) is 12.2. The van der Waals surface area contributed by atoms with Gasteiger partial charge in [0.15, 0.2) is 0 Å². The van der Waals surface area contributed by atoms with Crippen LogP contribution in [0.15, 0.2) is 23.1 Å². The van der Waals surface area contributed by atoms with Gasteiger partial charge in [-0.2, -0.15) is 0 Å². The molecule has 0 aliphatic rings. The Morgan fingerprint density at radius 2 is 2.00 bits per heavy atom. The number of rotatable bonds is 6. The van der Waals surface area contributed by atoms with Crippen molar-refractivity contribution in [2.75, 3.05) is 13.7 Å². The van der Waals surface area contributed by atoms with Crippen LogP contribution in [0.4, 0.5) is 4.79 Å². The van der Waals surface area contributed by atoms with E-state index >= 15 is 0 Å². The molecule has 2 amide bonds. The van der Waals surface area contributed by atoms with Crippen LogP contribution in [0.2, 0.25) is 0 Å². The van der Waals surface area contributed by atoms with Gasteiger partial charge in [-0.3, -0.25) is 0 Å². The first kappa shape index (κ1) is 18.7. The number of esters is 1. The van der Waals surface area contributed by atoms with Gasteiger partial charge in [-0.1, -0.05) is 19.4 Å². The molecule has 0 unspecified atom stereocenters. The van der Waals surface area contributed by atoms with Crippen LogP contribution in [0.5, 0.6) is 0 Å². The fourth-order valence-corrected chi connectivity index (χ4v) is 4.06. The van der Waals surface area contributed by atoms with E-state index in [9.17, 15) is 18.0 Å². The number of sulfonamides is 1. The molecule has 9 heteroatoms. The Bertz CT molecular complexity index is 660. The zero-order chi connectivity index (χ0) is 16.8. The molecule has 22 heavy (non-hydrogen) atoms. The Balaban J connectivity index is 2.99. The third-order valence-electron chi connectivity index (χ3n) is 2.70. The van der Waals surface area contributed by atoms with Crippen LogP contribution >= 0.6 is 22.6 Å². The van der Waals surface area contributed by atoms with E-state index < -0.39 is 22.0 Å². The average molecular weight is 440 g/mol. The van der Waals surface area contributed by atoms with Gasteiger partial charge in [0.05, 0.1) is 12.7 Å². The summed E-state index contributed by atoms with van der Waals surface area (Å²) in [7, 11) is -2.86. The van der Waals surface area contributed by atoms with E-state index in [1.54, 1.807) is 22.6 Å². The van der Waals surface area contributed by atoms with Gasteiger partial charge in [-0.15, -0.1) is 0 Å². The molecule has 0 saturated heterocycles. The first-order valence-electron chi connectivity index (χ1n) is 6.51. The zero-order valence-corrected chi connectivity index (χ0v) is 15.2. The van der Waals surface area contributed by atoms with Gasteiger partial charge in [0.25, 0.3) is 10.0 Å². The van der Waals surface area contributed by atoms with Crippen LogP contribution in [0.25, 0.3) is 0 Å². The quantitative estimate of drug-likeness (QED) is 0.400. The lowest BCUT2D eigenvalue weighted by Crippen LogP contribution is -2.40. The Labute approximate surface area is 143 Å². The van der Waals surface area contributed by atoms with Gasteiger partial charge < -0.3 is 10.1 Å². The largest absolute Gasteiger partial charge is 0.465 e. The second-order valence-electron chi connectivity index (χ2n) is 4.32. The number of benzene rings is 1. The molecule has 0 aliphatic heterocycles. The van der Waals surface area contributed by atoms with Crippen LogP contribution in [0.3, 0.4) is 0 Å². The number of hydrogen-bond donors (Lipinski definition) is 2. The Morgan fingerprint density at radius 1 is 1.32 bits per heavy atom. The SMILES string of the molecule is CCCCNC(=O)NS(=O)(=O)c1cccc(C(=O)OC)c1I. The standard InChI is InChI=1S/C13H17IN2O5S/c1-3-4-8-15-13(18)16-22(19,20)10-7-5-6-9(11(10)14)12(17)21-2/h5-7H,3-4,8H2,1-2H3,(H2,15,16,18). The number of nitrogens with one attached hydrogen (secondary N) is 2. The maximum absolute atomic E-state index is 12.2. The molecule has 0 aromatic heterocycles. The van der Waals surface area contributed by atoms with Crippen molar-refractivity contribution >= 4 is 44.6 Å². The van der Waals surface area contributed by atoms with E-state index in [0.717, 1.165) is 12.8 Å². The summed E-state index contributed by atoms with van der Waals surface area (Å²) in [5.74, 6) is -0.645. The molecule has 0 saturated carbocycles. The van der Waals surface area contributed by atoms with Gasteiger partial charge in [0, 0.05) is 10.1 Å². The normalized spacial score (nSPS) is 10.9. The monoisotopic (exact) mass is 440 g/mol. The molecule has 1 aromatic carbocycles. The highest BCUT2D eigenvalue weighted by Gasteiger charge is 2.24. The smallest absolute Gasteiger partial charge is 0.338 e. The number of carbonyl (C=O) groups is 2. The van der Waals surface area contributed by atoms with Crippen LogP contribution in [0.1, 0.15) is 30.1 Å². The summed E-state index contributed by atoms with van der Waals surface area (Å²) in [5.41, 5.74) is 0.123. The maximum atomic E-state index is 12.2. The fraction of sp³-hybridized carbons (Fsp3) is 0.385. The topological polar surface area (TPSA) is 102 Å². The lowest BCUT2D eigenvalue weighted by Gasteiger charge is -2.11. The molecule has 0 bridgehead atoms. The molecular formula is C13H17IN2O5S. The van der Waals surface area contributed by atoms with Crippen LogP contribution in [-0.2, 0) is 14.8 Å². The van der Waals surface area contributed by atoms with Crippen molar-refractivity contribution in [2.24, 2.45) is 0 Å². The number of ether oxygens (including phenoxy) is 1. The van der Waals surface area contributed by atoms with Crippen molar-refractivity contribution in [2.45, 2.75) is 24.7 Å². The molecule has 0 fully saturated rings. The molecule has 1 rings (SSSR count). The molecular weight excluding hydrogens is 423 g/mol. The summed E-state index contributed by atoms with van der Waals surface area (Å²) >= 11 is 1.73.